The normalized spacial score (nSPS) is 27.5. The van der Waals surface area contributed by atoms with E-state index in [4.69, 9.17) is 24.4 Å². The lowest BCUT2D eigenvalue weighted by molar-refractivity contribution is -0.163. The summed E-state index contributed by atoms with van der Waals surface area (Å²) in [7, 11) is -0.827. The molecule has 3 aromatic rings. The number of fused-ring (bicyclic) bond motifs is 2. The molecule has 0 amide bonds. The highest BCUT2D eigenvalue weighted by Gasteiger charge is 2.58. The Kier molecular flexibility index (Phi) is 6.26. The number of ether oxygens (including phenoxy) is 3. The smallest absolute Gasteiger partial charge is 0.178 e. The summed E-state index contributed by atoms with van der Waals surface area (Å²) in [4.78, 5) is 12.9. The van der Waals surface area contributed by atoms with Gasteiger partial charge in [0, 0.05) is 0 Å². The number of anilines is 1. The van der Waals surface area contributed by atoms with Crippen LogP contribution in [0.5, 0.6) is 0 Å². The van der Waals surface area contributed by atoms with Crippen molar-refractivity contribution in [1.82, 2.24) is 19.5 Å². The Morgan fingerprint density at radius 2 is 1.74 bits per heavy atom. The largest absolute Gasteiger partial charge is 0.416 e. The molecular weight excluding hydrogens is 462 g/mol. The fourth-order valence-electron chi connectivity index (χ4n) is 4.44. The summed E-state index contributed by atoms with van der Waals surface area (Å²) < 4.78 is 27.8. The molecule has 0 bridgehead atoms. The summed E-state index contributed by atoms with van der Waals surface area (Å²) in [5.74, 6) is 0.326. The van der Waals surface area contributed by atoms with Crippen LogP contribution in [-0.4, -0.2) is 59.5 Å². The number of aromatic nitrogens is 4. The predicted octanol–water partition coefficient (Wildman–Crippen LogP) is 3.23. The molecule has 10 heteroatoms. The van der Waals surface area contributed by atoms with Crippen LogP contribution in [0.2, 0.25) is 5.04 Å². The van der Waals surface area contributed by atoms with E-state index in [2.05, 4.69) is 49.6 Å². The Morgan fingerprint density at radius 1 is 1.00 bits per heavy atom. The van der Waals surface area contributed by atoms with E-state index < -0.39 is 27.9 Å². The van der Waals surface area contributed by atoms with Crippen LogP contribution >= 0.6 is 0 Å². The highest BCUT2D eigenvalue weighted by atomic mass is 28.2. The zero-order chi connectivity index (χ0) is 24.8. The minimum atomic E-state index is -0.827. The molecule has 5 unspecified atom stereocenters. The molecule has 2 fully saturated rings. The summed E-state index contributed by atoms with van der Waals surface area (Å²) >= 11 is 0. The first-order valence-corrected chi connectivity index (χ1v) is 13.2. The lowest BCUT2D eigenvalue weighted by atomic mass is 9.96. The van der Waals surface area contributed by atoms with E-state index >= 15 is 0 Å². The Bertz CT molecular complexity index is 1210. The molecule has 2 aliphatic rings. The molecule has 5 atom stereocenters. The Balaban J connectivity index is 1.45. The summed E-state index contributed by atoms with van der Waals surface area (Å²) in [6.07, 6.45) is 4.98. The number of nitrogens with two attached hydrogens (primary N) is 1. The molecular formula is C25H33N5O4Si. The number of imidazole rings is 1. The van der Waals surface area contributed by atoms with Crippen molar-refractivity contribution in [2.75, 3.05) is 5.73 Å². The second-order valence-electron chi connectivity index (χ2n) is 10.8. The van der Waals surface area contributed by atoms with Crippen molar-refractivity contribution in [1.29, 1.82) is 0 Å². The van der Waals surface area contributed by atoms with Crippen LogP contribution in [-0.2, 0) is 18.6 Å². The van der Waals surface area contributed by atoms with Crippen LogP contribution in [0.25, 0.3) is 17.2 Å². The molecule has 35 heavy (non-hydrogen) atoms. The maximum atomic E-state index is 6.61. The highest BCUT2D eigenvalue weighted by Crippen LogP contribution is 2.45. The van der Waals surface area contributed by atoms with Gasteiger partial charge in [0.1, 0.15) is 30.2 Å². The van der Waals surface area contributed by atoms with Gasteiger partial charge in [-0.05, 0) is 30.5 Å². The van der Waals surface area contributed by atoms with Gasteiger partial charge in [0.25, 0.3) is 0 Å². The first-order valence-electron chi connectivity index (χ1n) is 11.9. The van der Waals surface area contributed by atoms with Gasteiger partial charge in [0.05, 0.1) is 11.9 Å². The second kappa shape index (κ2) is 9.10. The minimum absolute atomic E-state index is 0.150. The molecule has 2 aliphatic heterocycles. The molecule has 0 radical (unpaired) electrons. The van der Waals surface area contributed by atoms with Gasteiger partial charge in [0.2, 0.25) is 0 Å². The fraction of sp³-hybridized carbons (Fsp3) is 0.480. The standard InChI is InChI=1S/C25H33N5O4Si/c1-24(2,3)35-34-25(4,5)20-18-19(32-16(31-18)12-11-15-9-7-6-8-10-15)23(33-20)30-14-29-17-21(26)27-13-28-22(17)30/h6-14,16,18-20,23H,35H2,1-5H3,(H2,26,27,28). The third-order valence-corrected chi connectivity index (χ3v) is 8.00. The van der Waals surface area contributed by atoms with Crippen LogP contribution in [0, 0.1) is 0 Å². The molecule has 1 aromatic carbocycles. The van der Waals surface area contributed by atoms with Crippen LogP contribution in [0.1, 0.15) is 46.4 Å². The molecule has 4 heterocycles. The average Bonchev–Trinajstić information content (AvgIpc) is 3.51. The Morgan fingerprint density at radius 3 is 2.49 bits per heavy atom. The SMILES string of the molecule is CC(C)(C)[SiH2]OC(C)(C)C1OC(n2cnc3c(N)ncnc32)C2OC(C=Cc3ccccc3)OC21. The summed E-state index contributed by atoms with van der Waals surface area (Å²) in [5.41, 5.74) is 7.66. The fourth-order valence-corrected chi connectivity index (χ4v) is 5.41. The van der Waals surface area contributed by atoms with E-state index in [0.717, 1.165) is 5.56 Å². The summed E-state index contributed by atoms with van der Waals surface area (Å²) in [5, 5.41) is 0.150. The molecule has 0 aliphatic carbocycles. The summed E-state index contributed by atoms with van der Waals surface area (Å²) in [6.45, 7) is 10.8. The minimum Gasteiger partial charge on any atom is -0.416 e. The monoisotopic (exact) mass is 495 g/mol. The van der Waals surface area contributed by atoms with Gasteiger partial charge in [-0.25, -0.2) is 15.0 Å². The number of benzene rings is 1. The van der Waals surface area contributed by atoms with Crippen LogP contribution in [0.15, 0.2) is 49.1 Å². The predicted molar refractivity (Wildman–Crippen MR) is 136 cm³/mol. The molecule has 2 N–H and O–H groups in total. The molecule has 2 aromatic heterocycles. The Hall–Kier alpha value is -2.63. The lowest BCUT2D eigenvalue weighted by Crippen LogP contribution is -2.48. The van der Waals surface area contributed by atoms with Crippen LogP contribution in [0.4, 0.5) is 5.82 Å². The van der Waals surface area contributed by atoms with Crippen molar-refractivity contribution in [3.05, 3.63) is 54.6 Å². The molecule has 0 spiro atoms. The molecule has 9 nitrogen and oxygen atoms in total. The topological polar surface area (TPSA) is 107 Å². The maximum Gasteiger partial charge on any atom is 0.178 e. The van der Waals surface area contributed by atoms with Crippen molar-refractivity contribution in [3.8, 4) is 0 Å². The average molecular weight is 496 g/mol. The summed E-state index contributed by atoms with van der Waals surface area (Å²) in [6, 6.07) is 10.1. The lowest BCUT2D eigenvalue weighted by Gasteiger charge is -2.36. The van der Waals surface area contributed by atoms with E-state index in [1.54, 1.807) is 6.33 Å². The van der Waals surface area contributed by atoms with E-state index in [1.165, 1.54) is 6.33 Å². The van der Waals surface area contributed by atoms with Crippen molar-refractivity contribution < 1.29 is 18.6 Å². The number of nitrogen functional groups attached to an aromatic ring is 1. The third kappa shape index (κ3) is 4.89. The van der Waals surface area contributed by atoms with Gasteiger partial charge in [-0.15, -0.1) is 0 Å². The number of hydrogen-bond donors (Lipinski definition) is 1. The van der Waals surface area contributed by atoms with E-state index in [1.807, 2.05) is 47.1 Å². The zero-order valence-corrected chi connectivity index (χ0v) is 22.2. The van der Waals surface area contributed by atoms with Crippen LogP contribution in [0.3, 0.4) is 0 Å². The van der Waals surface area contributed by atoms with E-state index in [0.29, 0.717) is 17.0 Å². The van der Waals surface area contributed by atoms with Gasteiger partial charge in [-0.3, -0.25) is 4.57 Å². The van der Waals surface area contributed by atoms with Gasteiger partial charge in [-0.2, -0.15) is 0 Å². The van der Waals surface area contributed by atoms with Gasteiger partial charge in [-0.1, -0.05) is 57.2 Å². The van der Waals surface area contributed by atoms with E-state index in [-0.39, 0.29) is 23.4 Å². The van der Waals surface area contributed by atoms with Crippen LogP contribution < -0.4 is 5.73 Å². The first-order chi connectivity index (χ1) is 16.6. The quantitative estimate of drug-likeness (QED) is 0.520. The highest BCUT2D eigenvalue weighted by molar-refractivity contribution is 6.31. The molecule has 0 saturated carbocycles. The maximum absolute atomic E-state index is 6.61. The third-order valence-electron chi connectivity index (χ3n) is 6.24. The number of rotatable bonds is 6. The Labute approximate surface area is 207 Å². The van der Waals surface area contributed by atoms with Gasteiger partial charge in [0.15, 0.2) is 33.7 Å². The van der Waals surface area contributed by atoms with Crippen molar-refractivity contribution >= 4 is 32.8 Å². The molecule has 5 rings (SSSR count). The zero-order valence-electron chi connectivity index (χ0n) is 20.8. The van der Waals surface area contributed by atoms with E-state index in [9.17, 15) is 0 Å². The molecule has 2 saturated heterocycles. The number of hydrogen-bond acceptors (Lipinski definition) is 8. The first kappa shape index (κ1) is 24.1. The van der Waals surface area contributed by atoms with Gasteiger partial charge < -0.3 is 24.4 Å². The molecule has 186 valence electrons. The second-order valence-corrected chi connectivity index (χ2v) is 13.5. The van der Waals surface area contributed by atoms with Crippen molar-refractivity contribution in [2.24, 2.45) is 0 Å². The van der Waals surface area contributed by atoms with Crippen molar-refractivity contribution in [2.45, 2.75) is 76.1 Å². The number of nitrogens with zero attached hydrogens (tertiary/aromatic N) is 4. The van der Waals surface area contributed by atoms with Gasteiger partial charge >= 0.3 is 0 Å². The van der Waals surface area contributed by atoms with Crippen molar-refractivity contribution in [3.63, 3.8) is 0 Å².